The van der Waals surface area contributed by atoms with Crippen molar-refractivity contribution in [2.24, 2.45) is 5.84 Å². The number of nitrogens with two attached hydrogens (primary N) is 1. The topological polar surface area (TPSA) is 50.9 Å². The van der Waals surface area contributed by atoms with E-state index in [9.17, 15) is 8.78 Å². The van der Waals surface area contributed by atoms with Gasteiger partial charge in [0.05, 0.1) is 0 Å². The molecule has 1 unspecified atom stereocenters. The number of aryl methyl sites for hydroxylation is 1. The van der Waals surface area contributed by atoms with Crippen LogP contribution in [-0.4, -0.2) is 11.0 Å². The van der Waals surface area contributed by atoms with Crippen molar-refractivity contribution in [2.75, 3.05) is 0 Å². The van der Waals surface area contributed by atoms with E-state index in [0.717, 1.165) is 12.0 Å². The normalized spacial score (nSPS) is 12.3. The minimum Gasteiger partial charge on any atom is -0.271 e. The molecule has 2 rings (SSSR count). The zero-order valence-electron chi connectivity index (χ0n) is 11.0. The fraction of sp³-hybridized carbons (Fsp3) is 0.267. The van der Waals surface area contributed by atoms with Crippen molar-refractivity contribution in [3.05, 3.63) is 65.5 Å². The lowest BCUT2D eigenvalue weighted by Crippen LogP contribution is -2.37. The van der Waals surface area contributed by atoms with Crippen LogP contribution >= 0.6 is 0 Å². The molecule has 3 N–H and O–H groups in total. The van der Waals surface area contributed by atoms with Crippen LogP contribution in [0.1, 0.15) is 17.5 Å². The highest BCUT2D eigenvalue weighted by Crippen LogP contribution is 2.16. The van der Waals surface area contributed by atoms with E-state index in [4.69, 9.17) is 5.84 Å². The molecule has 0 saturated heterocycles. The molecule has 0 aliphatic rings. The van der Waals surface area contributed by atoms with Gasteiger partial charge < -0.3 is 0 Å². The van der Waals surface area contributed by atoms with Crippen molar-refractivity contribution in [2.45, 2.75) is 25.3 Å². The standard InChI is InChI=1S/C15H17F2N3/c16-14-2-1-3-15(17)13(14)10-12(20-18)5-4-11-6-8-19-9-7-11/h1-3,6-9,12,20H,4-5,10,18H2. The Morgan fingerprint density at radius 2 is 1.75 bits per heavy atom. The third kappa shape index (κ3) is 3.82. The molecule has 0 bridgehead atoms. The monoisotopic (exact) mass is 277 g/mol. The summed E-state index contributed by atoms with van der Waals surface area (Å²) in [6.45, 7) is 0. The second-order valence-electron chi connectivity index (χ2n) is 4.66. The molecule has 0 aliphatic carbocycles. The molecule has 1 aromatic heterocycles. The van der Waals surface area contributed by atoms with E-state index in [2.05, 4.69) is 10.4 Å². The molecule has 106 valence electrons. The number of halogens is 2. The summed E-state index contributed by atoms with van der Waals surface area (Å²) in [4.78, 5) is 3.94. The van der Waals surface area contributed by atoms with Crippen LogP contribution in [0, 0.1) is 11.6 Å². The smallest absolute Gasteiger partial charge is 0.129 e. The predicted molar refractivity (Wildman–Crippen MR) is 73.7 cm³/mol. The first-order valence-electron chi connectivity index (χ1n) is 6.48. The van der Waals surface area contributed by atoms with E-state index in [1.165, 1.54) is 18.2 Å². The van der Waals surface area contributed by atoms with Crippen molar-refractivity contribution < 1.29 is 8.78 Å². The molecule has 1 aromatic carbocycles. The van der Waals surface area contributed by atoms with Crippen molar-refractivity contribution in [3.8, 4) is 0 Å². The van der Waals surface area contributed by atoms with Gasteiger partial charge in [0.25, 0.3) is 0 Å². The Kier molecular flexibility index (Phi) is 5.15. The van der Waals surface area contributed by atoms with Gasteiger partial charge in [-0.25, -0.2) is 8.78 Å². The van der Waals surface area contributed by atoms with Gasteiger partial charge in [-0.05, 0) is 49.1 Å². The first kappa shape index (κ1) is 14.6. The Balaban J connectivity index is 1.99. The van der Waals surface area contributed by atoms with Crippen LogP contribution in [0.5, 0.6) is 0 Å². The molecular weight excluding hydrogens is 260 g/mol. The Morgan fingerprint density at radius 1 is 1.10 bits per heavy atom. The van der Waals surface area contributed by atoms with Crippen molar-refractivity contribution >= 4 is 0 Å². The maximum Gasteiger partial charge on any atom is 0.129 e. The van der Waals surface area contributed by atoms with Gasteiger partial charge in [-0.15, -0.1) is 0 Å². The predicted octanol–water partition coefficient (Wildman–Crippen LogP) is 2.37. The molecule has 0 aliphatic heterocycles. The van der Waals surface area contributed by atoms with Crippen LogP contribution in [0.25, 0.3) is 0 Å². The van der Waals surface area contributed by atoms with Crippen LogP contribution in [0.4, 0.5) is 8.78 Å². The van der Waals surface area contributed by atoms with Gasteiger partial charge in [-0.2, -0.15) is 0 Å². The average Bonchev–Trinajstić information content (AvgIpc) is 2.47. The molecule has 0 fully saturated rings. The van der Waals surface area contributed by atoms with Crippen LogP contribution in [0.2, 0.25) is 0 Å². The number of nitrogens with zero attached hydrogens (tertiary/aromatic N) is 1. The number of pyridine rings is 1. The number of rotatable bonds is 6. The van der Waals surface area contributed by atoms with Crippen LogP contribution < -0.4 is 11.3 Å². The van der Waals surface area contributed by atoms with E-state index >= 15 is 0 Å². The summed E-state index contributed by atoms with van der Waals surface area (Å²) in [5.74, 6) is 4.41. The fourth-order valence-corrected chi connectivity index (χ4v) is 2.11. The summed E-state index contributed by atoms with van der Waals surface area (Å²) in [6, 6.07) is 7.52. The third-order valence-electron chi connectivity index (χ3n) is 3.28. The molecule has 1 heterocycles. The lowest BCUT2D eigenvalue weighted by molar-refractivity contribution is 0.464. The van der Waals surface area contributed by atoms with Gasteiger partial charge in [-0.1, -0.05) is 6.07 Å². The second kappa shape index (κ2) is 7.07. The average molecular weight is 277 g/mol. The summed E-state index contributed by atoms with van der Waals surface area (Å²) < 4.78 is 27.2. The van der Waals surface area contributed by atoms with Gasteiger partial charge in [0.2, 0.25) is 0 Å². The van der Waals surface area contributed by atoms with Crippen LogP contribution in [0.3, 0.4) is 0 Å². The number of hydrazine groups is 1. The van der Waals surface area contributed by atoms with Crippen molar-refractivity contribution in [1.82, 2.24) is 10.4 Å². The molecule has 0 radical (unpaired) electrons. The summed E-state index contributed by atoms with van der Waals surface area (Å²) in [6.07, 6.45) is 5.12. The SMILES string of the molecule is NNC(CCc1ccncc1)Cc1c(F)cccc1F. The highest BCUT2D eigenvalue weighted by Gasteiger charge is 2.14. The first-order valence-corrected chi connectivity index (χ1v) is 6.48. The zero-order chi connectivity index (χ0) is 14.4. The number of benzene rings is 1. The largest absolute Gasteiger partial charge is 0.271 e. The van der Waals surface area contributed by atoms with E-state index in [1.54, 1.807) is 12.4 Å². The molecule has 0 spiro atoms. The van der Waals surface area contributed by atoms with E-state index < -0.39 is 11.6 Å². The quantitative estimate of drug-likeness (QED) is 0.629. The van der Waals surface area contributed by atoms with Crippen LogP contribution in [0.15, 0.2) is 42.7 Å². The number of aromatic nitrogens is 1. The van der Waals surface area contributed by atoms with E-state index in [-0.39, 0.29) is 18.0 Å². The zero-order valence-corrected chi connectivity index (χ0v) is 11.0. The summed E-state index contributed by atoms with van der Waals surface area (Å²) >= 11 is 0. The fourth-order valence-electron chi connectivity index (χ4n) is 2.11. The molecular formula is C15H17F2N3. The summed E-state index contributed by atoms with van der Waals surface area (Å²) in [7, 11) is 0. The summed E-state index contributed by atoms with van der Waals surface area (Å²) in [5.41, 5.74) is 3.82. The van der Waals surface area contributed by atoms with E-state index in [1.807, 2.05) is 12.1 Å². The second-order valence-corrected chi connectivity index (χ2v) is 4.66. The molecule has 0 saturated carbocycles. The lowest BCUT2D eigenvalue weighted by Gasteiger charge is -2.16. The number of nitrogens with one attached hydrogen (secondary N) is 1. The van der Waals surface area contributed by atoms with Gasteiger partial charge in [0, 0.05) is 24.0 Å². The Hall–Kier alpha value is -1.85. The number of hydrogen-bond donors (Lipinski definition) is 2. The molecule has 5 heteroatoms. The summed E-state index contributed by atoms with van der Waals surface area (Å²) in [5, 5.41) is 0. The molecule has 2 aromatic rings. The third-order valence-corrected chi connectivity index (χ3v) is 3.28. The maximum absolute atomic E-state index is 13.6. The van der Waals surface area contributed by atoms with Gasteiger partial charge in [-0.3, -0.25) is 16.3 Å². The van der Waals surface area contributed by atoms with Crippen molar-refractivity contribution in [1.29, 1.82) is 0 Å². The Morgan fingerprint density at radius 3 is 2.35 bits per heavy atom. The Bertz CT molecular complexity index is 526. The molecule has 20 heavy (non-hydrogen) atoms. The molecule has 3 nitrogen and oxygen atoms in total. The van der Waals surface area contributed by atoms with Crippen molar-refractivity contribution in [3.63, 3.8) is 0 Å². The Labute approximate surface area is 116 Å². The van der Waals surface area contributed by atoms with Gasteiger partial charge >= 0.3 is 0 Å². The minimum absolute atomic E-state index is 0.0742. The molecule has 0 amide bonds. The number of hydrogen-bond acceptors (Lipinski definition) is 3. The lowest BCUT2D eigenvalue weighted by atomic mass is 9.99. The molecule has 1 atom stereocenters. The van der Waals surface area contributed by atoms with Gasteiger partial charge in [0.1, 0.15) is 11.6 Å². The minimum atomic E-state index is -0.533. The van der Waals surface area contributed by atoms with E-state index in [0.29, 0.717) is 6.42 Å². The highest BCUT2D eigenvalue weighted by atomic mass is 19.1. The maximum atomic E-state index is 13.6. The highest BCUT2D eigenvalue weighted by molar-refractivity contribution is 5.21. The van der Waals surface area contributed by atoms with Crippen LogP contribution in [-0.2, 0) is 12.8 Å². The van der Waals surface area contributed by atoms with Gasteiger partial charge in [0.15, 0.2) is 0 Å². The first-order chi connectivity index (χ1) is 9.70.